The van der Waals surface area contributed by atoms with E-state index in [1.165, 1.54) is 17.4 Å². The molecule has 1 aromatic heterocycles. The van der Waals surface area contributed by atoms with Gasteiger partial charge in [0.2, 0.25) is 5.91 Å². The zero-order chi connectivity index (χ0) is 15.4. The molecule has 0 bridgehead atoms. The lowest BCUT2D eigenvalue weighted by Gasteiger charge is -2.23. The summed E-state index contributed by atoms with van der Waals surface area (Å²) in [6, 6.07) is 9.51. The van der Waals surface area contributed by atoms with Gasteiger partial charge >= 0.3 is 0 Å². The zero-order valence-corrected chi connectivity index (χ0v) is 13.3. The van der Waals surface area contributed by atoms with Gasteiger partial charge in [-0.15, -0.1) is 11.3 Å². The van der Waals surface area contributed by atoms with Crippen molar-refractivity contribution >= 4 is 34.5 Å². The van der Waals surface area contributed by atoms with Crippen LogP contribution in [-0.2, 0) is 11.3 Å². The first-order valence-corrected chi connectivity index (χ1v) is 7.66. The third-order valence-corrected chi connectivity index (χ3v) is 4.42. The number of hydrogen-bond acceptors (Lipinski definition) is 3. The van der Waals surface area contributed by atoms with E-state index < -0.39 is 5.82 Å². The topological polar surface area (TPSA) is 32.3 Å². The second-order valence-corrected chi connectivity index (χ2v) is 6.57. The van der Waals surface area contributed by atoms with Crippen molar-refractivity contribution in [3.05, 3.63) is 51.4 Å². The standard InChI is InChI=1S/C15H16ClFN2OS/c1-10(19(2)9-11-7-8-14(16)21-11)15(20)18-13-6-4-3-5-12(13)17/h3-8,10H,9H2,1-2H3,(H,18,20)/t10-/m1/s1. The molecule has 1 amide bonds. The van der Waals surface area contributed by atoms with Gasteiger partial charge < -0.3 is 5.32 Å². The number of hydrogen-bond donors (Lipinski definition) is 1. The summed E-state index contributed by atoms with van der Waals surface area (Å²) in [5, 5.41) is 2.60. The average Bonchev–Trinajstić information content (AvgIpc) is 2.85. The van der Waals surface area contributed by atoms with Gasteiger partial charge in [-0.1, -0.05) is 23.7 Å². The zero-order valence-electron chi connectivity index (χ0n) is 11.8. The van der Waals surface area contributed by atoms with Crippen LogP contribution < -0.4 is 5.32 Å². The molecule has 0 aliphatic rings. The van der Waals surface area contributed by atoms with E-state index in [9.17, 15) is 9.18 Å². The number of carbonyl (C=O) groups excluding carboxylic acids is 1. The number of amides is 1. The third kappa shape index (κ3) is 4.27. The van der Waals surface area contributed by atoms with Crippen LogP contribution in [-0.4, -0.2) is 23.9 Å². The summed E-state index contributed by atoms with van der Waals surface area (Å²) in [7, 11) is 1.85. The van der Waals surface area contributed by atoms with Crippen molar-refractivity contribution in [3.63, 3.8) is 0 Å². The fourth-order valence-corrected chi connectivity index (χ4v) is 2.97. The number of rotatable bonds is 5. The molecule has 2 aromatic rings. The van der Waals surface area contributed by atoms with Crippen molar-refractivity contribution < 1.29 is 9.18 Å². The summed E-state index contributed by atoms with van der Waals surface area (Å²) < 4.78 is 14.2. The molecule has 1 atom stereocenters. The lowest BCUT2D eigenvalue weighted by Crippen LogP contribution is -2.39. The normalized spacial score (nSPS) is 12.4. The second-order valence-electron chi connectivity index (χ2n) is 4.77. The Hall–Kier alpha value is -1.43. The van der Waals surface area contributed by atoms with Crippen LogP contribution in [0, 0.1) is 5.82 Å². The van der Waals surface area contributed by atoms with Gasteiger partial charge in [-0.25, -0.2) is 4.39 Å². The molecule has 0 fully saturated rings. The molecular weight excluding hydrogens is 311 g/mol. The lowest BCUT2D eigenvalue weighted by atomic mass is 10.2. The van der Waals surface area contributed by atoms with Crippen molar-refractivity contribution in [3.8, 4) is 0 Å². The number of nitrogens with zero attached hydrogens (tertiary/aromatic N) is 1. The van der Waals surface area contributed by atoms with Gasteiger partial charge in [0.25, 0.3) is 0 Å². The van der Waals surface area contributed by atoms with Crippen LogP contribution in [0.2, 0.25) is 4.34 Å². The molecule has 0 saturated carbocycles. The van der Waals surface area contributed by atoms with E-state index in [-0.39, 0.29) is 17.6 Å². The summed E-state index contributed by atoms with van der Waals surface area (Å²) in [4.78, 5) is 15.1. The molecule has 0 spiro atoms. The first kappa shape index (κ1) is 15.9. The molecule has 1 N–H and O–H groups in total. The van der Waals surface area contributed by atoms with E-state index in [2.05, 4.69) is 5.32 Å². The van der Waals surface area contributed by atoms with Gasteiger partial charge in [-0.3, -0.25) is 9.69 Å². The number of nitrogens with one attached hydrogen (secondary N) is 1. The lowest BCUT2D eigenvalue weighted by molar-refractivity contribution is -0.120. The number of halogens is 2. The summed E-state index contributed by atoms with van der Waals surface area (Å²) in [5.74, 6) is -0.684. The number of thiophene rings is 1. The number of anilines is 1. The molecule has 0 radical (unpaired) electrons. The van der Waals surface area contributed by atoms with Gasteiger partial charge in [0.1, 0.15) is 5.82 Å². The number of likely N-dealkylation sites (N-methyl/N-ethyl adjacent to an activating group) is 1. The molecule has 112 valence electrons. The summed E-state index contributed by atoms with van der Waals surface area (Å²) >= 11 is 7.37. The molecule has 0 aliphatic carbocycles. The van der Waals surface area contributed by atoms with Crippen molar-refractivity contribution in [2.75, 3.05) is 12.4 Å². The maximum atomic E-state index is 13.5. The Morgan fingerprint density at radius 3 is 2.71 bits per heavy atom. The van der Waals surface area contributed by atoms with Crippen LogP contribution >= 0.6 is 22.9 Å². The number of para-hydroxylation sites is 1. The summed E-state index contributed by atoms with van der Waals surface area (Å²) in [6.07, 6.45) is 0. The monoisotopic (exact) mass is 326 g/mol. The van der Waals surface area contributed by atoms with E-state index in [1.807, 2.05) is 24.1 Å². The smallest absolute Gasteiger partial charge is 0.241 e. The molecule has 0 aliphatic heterocycles. The van der Waals surface area contributed by atoms with Gasteiger partial charge in [0.05, 0.1) is 16.1 Å². The minimum Gasteiger partial charge on any atom is -0.322 e. The molecule has 1 heterocycles. The fourth-order valence-electron chi connectivity index (χ4n) is 1.82. The third-order valence-electron chi connectivity index (χ3n) is 3.21. The highest BCUT2D eigenvalue weighted by Crippen LogP contribution is 2.23. The maximum Gasteiger partial charge on any atom is 0.241 e. The molecule has 2 rings (SSSR count). The number of carbonyl (C=O) groups is 1. The Morgan fingerprint density at radius 2 is 2.10 bits per heavy atom. The molecule has 0 saturated heterocycles. The van der Waals surface area contributed by atoms with Crippen molar-refractivity contribution in [1.29, 1.82) is 0 Å². The van der Waals surface area contributed by atoms with Gasteiger partial charge in [0.15, 0.2) is 0 Å². The Balaban J connectivity index is 1.97. The van der Waals surface area contributed by atoms with Crippen LogP contribution in [0.15, 0.2) is 36.4 Å². The summed E-state index contributed by atoms with van der Waals surface area (Å²) in [5.41, 5.74) is 0.196. The van der Waals surface area contributed by atoms with Crippen molar-refractivity contribution in [1.82, 2.24) is 4.90 Å². The Labute approximate surface area is 132 Å². The summed E-state index contributed by atoms with van der Waals surface area (Å²) in [6.45, 7) is 2.40. The van der Waals surface area contributed by atoms with Crippen LogP contribution in [0.5, 0.6) is 0 Å². The van der Waals surface area contributed by atoms with E-state index in [1.54, 1.807) is 25.1 Å². The van der Waals surface area contributed by atoms with Crippen molar-refractivity contribution in [2.24, 2.45) is 0 Å². The van der Waals surface area contributed by atoms with Gasteiger partial charge in [-0.2, -0.15) is 0 Å². The molecule has 0 unspecified atom stereocenters. The Bertz CT molecular complexity index is 632. The molecule has 3 nitrogen and oxygen atoms in total. The minimum absolute atomic E-state index is 0.196. The predicted octanol–water partition coefficient (Wildman–Crippen LogP) is 4.00. The predicted molar refractivity (Wildman–Crippen MR) is 85.3 cm³/mol. The number of benzene rings is 1. The van der Waals surface area contributed by atoms with Crippen molar-refractivity contribution in [2.45, 2.75) is 19.5 Å². The fraction of sp³-hybridized carbons (Fsp3) is 0.267. The second kappa shape index (κ2) is 7.02. The molecule has 21 heavy (non-hydrogen) atoms. The average molecular weight is 327 g/mol. The van der Waals surface area contributed by atoms with Crippen LogP contribution in [0.25, 0.3) is 0 Å². The van der Waals surface area contributed by atoms with Crippen LogP contribution in [0.1, 0.15) is 11.8 Å². The highest BCUT2D eigenvalue weighted by Gasteiger charge is 2.19. The Morgan fingerprint density at radius 1 is 1.38 bits per heavy atom. The first-order valence-electron chi connectivity index (χ1n) is 6.47. The maximum absolute atomic E-state index is 13.5. The highest BCUT2D eigenvalue weighted by atomic mass is 35.5. The van der Waals surface area contributed by atoms with E-state index in [0.717, 1.165) is 9.21 Å². The molecule has 1 aromatic carbocycles. The SMILES string of the molecule is C[C@H](C(=O)Nc1ccccc1F)N(C)Cc1ccc(Cl)s1. The quantitative estimate of drug-likeness (QED) is 0.900. The van der Waals surface area contributed by atoms with Crippen LogP contribution in [0.4, 0.5) is 10.1 Å². The first-order chi connectivity index (χ1) is 9.97. The highest BCUT2D eigenvalue weighted by molar-refractivity contribution is 7.16. The van der Waals surface area contributed by atoms with E-state index >= 15 is 0 Å². The van der Waals surface area contributed by atoms with Gasteiger partial charge in [0, 0.05) is 11.4 Å². The molecule has 6 heteroatoms. The minimum atomic E-state index is -0.439. The van der Waals surface area contributed by atoms with E-state index in [4.69, 9.17) is 11.6 Å². The molecular formula is C15H16ClFN2OS. The Kier molecular flexibility index (Phi) is 5.33. The van der Waals surface area contributed by atoms with E-state index in [0.29, 0.717) is 6.54 Å². The largest absolute Gasteiger partial charge is 0.322 e. The van der Waals surface area contributed by atoms with Gasteiger partial charge in [-0.05, 0) is 38.2 Å². The van der Waals surface area contributed by atoms with Crippen LogP contribution in [0.3, 0.4) is 0 Å².